The number of hydrogen-bond acceptors (Lipinski definition) is 4. The number of para-hydroxylation sites is 2. The van der Waals surface area contributed by atoms with Crippen molar-refractivity contribution in [3.63, 3.8) is 0 Å². The lowest BCUT2D eigenvalue weighted by Crippen LogP contribution is -2.26. The minimum absolute atomic E-state index is 0.489. The average Bonchev–Trinajstić information content (AvgIpc) is 3.83. The van der Waals surface area contributed by atoms with Gasteiger partial charge < -0.3 is 14.4 Å². The second kappa shape index (κ2) is 12.9. The summed E-state index contributed by atoms with van der Waals surface area (Å²) in [6.45, 7) is 0. The molecule has 0 radical (unpaired) electrons. The van der Waals surface area contributed by atoms with Crippen LogP contribution in [-0.4, -0.2) is 0 Å². The maximum Gasteiger partial charge on any atom is 0.194 e. The molecule has 0 saturated heterocycles. The first kappa shape index (κ1) is 33.8. The van der Waals surface area contributed by atoms with E-state index in [-0.39, 0.29) is 0 Å². The molecule has 284 valence electrons. The number of ether oxygens (including phenoxy) is 2. The third-order valence-corrected chi connectivity index (χ3v) is 14.2. The number of thiophene rings is 1. The maximum atomic E-state index is 7.27. The zero-order valence-corrected chi connectivity index (χ0v) is 33.5. The number of nitrogens with zero attached hydrogens (tertiary/aromatic N) is 1. The Morgan fingerprint density at radius 3 is 2.17 bits per heavy atom. The largest absolute Gasteiger partial charge is 0.449 e. The zero-order chi connectivity index (χ0) is 39.4. The van der Waals surface area contributed by atoms with Crippen LogP contribution >= 0.6 is 11.3 Å². The highest BCUT2D eigenvalue weighted by molar-refractivity contribution is 7.26. The van der Waals surface area contributed by atoms with Crippen LogP contribution in [0, 0.1) is 0 Å². The molecule has 60 heavy (non-hydrogen) atoms. The van der Waals surface area contributed by atoms with Gasteiger partial charge in [0.25, 0.3) is 0 Å². The lowest BCUT2D eigenvalue weighted by Gasteiger charge is -2.34. The highest BCUT2D eigenvalue weighted by Gasteiger charge is 2.54. The van der Waals surface area contributed by atoms with Crippen molar-refractivity contribution in [1.82, 2.24) is 0 Å². The summed E-state index contributed by atoms with van der Waals surface area (Å²) < 4.78 is 16.8. The Bertz CT molecular complexity index is 3320. The van der Waals surface area contributed by atoms with Gasteiger partial charge in [-0.05, 0) is 106 Å². The van der Waals surface area contributed by atoms with E-state index in [4.69, 9.17) is 9.47 Å². The van der Waals surface area contributed by atoms with Crippen molar-refractivity contribution >= 4 is 48.5 Å². The number of allylic oxidation sites excluding steroid dienone is 9. The summed E-state index contributed by atoms with van der Waals surface area (Å²) in [5, 5.41) is 2.58. The molecule has 2 heterocycles. The summed E-state index contributed by atoms with van der Waals surface area (Å²) in [7, 11) is 0. The first-order chi connectivity index (χ1) is 29.8. The fraction of sp³-hybridized carbons (Fsp3) is 0.0714. The molecular formula is C56H37NO2S. The fourth-order valence-corrected chi connectivity index (χ4v) is 11.8. The van der Waals surface area contributed by atoms with Crippen molar-refractivity contribution < 1.29 is 9.47 Å². The Labute approximate surface area is 352 Å². The van der Waals surface area contributed by atoms with Gasteiger partial charge in [0, 0.05) is 37.0 Å². The van der Waals surface area contributed by atoms with Crippen LogP contribution in [0.5, 0.6) is 23.0 Å². The highest BCUT2D eigenvalue weighted by Crippen LogP contribution is 2.66. The first-order valence-corrected chi connectivity index (χ1v) is 21.7. The Hall–Kier alpha value is -7.14. The van der Waals surface area contributed by atoms with E-state index in [9.17, 15) is 0 Å². The molecule has 4 aliphatic carbocycles. The van der Waals surface area contributed by atoms with Crippen molar-refractivity contribution in [2.45, 2.75) is 24.7 Å². The predicted molar refractivity (Wildman–Crippen MR) is 248 cm³/mol. The van der Waals surface area contributed by atoms with Gasteiger partial charge >= 0.3 is 0 Å². The third kappa shape index (κ3) is 4.65. The molecule has 1 atom stereocenters. The van der Waals surface area contributed by atoms with Gasteiger partial charge in [0.15, 0.2) is 23.0 Å². The second-order valence-corrected chi connectivity index (χ2v) is 17.2. The summed E-state index contributed by atoms with van der Waals surface area (Å²) in [6, 6.07) is 52.9. The maximum absolute atomic E-state index is 7.27. The summed E-state index contributed by atoms with van der Waals surface area (Å²) in [5.41, 5.74) is 15.2. The molecule has 0 fully saturated rings. The average molecular weight is 788 g/mol. The molecular weight excluding hydrogens is 751 g/mol. The van der Waals surface area contributed by atoms with E-state index >= 15 is 0 Å². The Morgan fingerprint density at radius 2 is 1.27 bits per heavy atom. The van der Waals surface area contributed by atoms with Gasteiger partial charge in [-0.3, -0.25) is 0 Å². The molecule has 1 spiro atoms. The summed E-state index contributed by atoms with van der Waals surface area (Å²) >= 11 is 1.86. The number of rotatable bonds is 4. The van der Waals surface area contributed by atoms with Crippen LogP contribution in [0.25, 0.3) is 48.0 Å². The summed E-state index contributed by atoms with van der Waals surface area (Å²) in [4.78, 5) is 2.38. The van der Waals surface area contributed by atoms with Crippen LogP contribution in [0.3, 0.4) is 0 Å². The molecule has 0 saturated carbocycles. The number of fused-ring (bicyclic) bond motifs is 15. The van der Waals surface area contributed by atoms with Gasteiger partial charge in [0.1, 0.15) is 0 Å². The normalized spacial score (nSPS) is 17.6. The molecule has 4 heteroatoms. The Balaban J connectivity index is 1.00. The van der Waals surface area contributed by atoms with Crippen molar-refractivity contribution in [2.24, 2.45) is 0 Å². The summed E-state index contributed by atoms with van der Waals surface area (Å²) in [6.07, 6.45) is 19.0. The van der Waals surface area contributed by atoms with E-state index < -0.39 is 5.41 Å². The SMILES string of the molecule is C1=CCC=C2C(=C1)C1(c3ccccc32)c2ccccc2-c2cc3c(cc21)Oc1c(cccc1N(C1=CCCC=C1)c1ccccc1-c1cccc2c1sc1ccccc12)O3. The van der Waals surface area contributed by atoms with Gasteiger partial charge in [-0.25, -0.2) is 0 Å². The molecule has 1 unspecified atom stereocenters. The molecule has 13 rings (SSSR count). The van der Waals surface area contributed by atoms with Crippen molar-refractivity contribution in [2.75, 3.05) is 4.90 Å². The molecule has 8 aromatic rings. The van der Waals surface area contributed by atoms with Crippen LogP contribution in [0.1, 0.15) is 41.5 Å². The molecule has 1 aliphatic heterocycles. The Kier molecular flexibility index (Phi) is 7.28. The van der Waals surface area contributed by atoms with Crippen LogP contribution in [0.4, 0.5) is 11.4 Å². The van der Waals surface area contributed by atoms with E-state index in [2.05, 4.69) is 187 Å². The lowest BCUT2D eigenvalue weighted by atomic mass is 9.70. The van der Waals surface area contributed by atoms with Crippen molar-refractivity contribution in [3.05, 3.63) is 222 Å². The highest BCUT2D eigenvalue weighted by atomic mass is 32.1. The lowest BCUT2D eigenvalue weighted by molar-refractivity contribution is 0.360. The van der Waals surface area contributed by atoms with E-state index in [1.807, 2.05) is 17.4 Å². The fourth-order valence-electron chi connectivity index (χ4n) is 10.5. The van der Waals surface area contributed by atoms with Gasteiger partial charge in [-0.2, -0.15) is 0 Å². The quantitative estimate of drug-likeness (QED) is 0.177. The zero-order valence-electron chi connectivity index (χ0n) is 32.7. The molecule has 1 aromatic heterocycles. The Morgan fingerprint density at radius 1 is 0.533 bits per heavy atom. The van der Waals surface area contributed by atoms with E-state index in [1.54, 1.807) is 0 Å². The number of hydrogen-bond donors (Lipinski definition) is 0. The molecule has 0 bridgehead atoms. The minimum Gasteiger partial charge on any atom is -0.449 e. The van der Waals surface area contributed by atoms with Crippen LogP contribution in [0.2, 0.25) is 0 Å². The van der Waals surface area contributed by atoms with Gasteiger partial charge in [-0.15, -0.1) is 11.3 Å². The monoisotopic (exact) mass is 787 g/mol. The van der Waals surface area contributed by atoms with Crippen LogP contribution < -0.4 is 14.4 Å². The first-order valence-electron chi connectivity index (χ1n) is 20.9. The third-order valence-electron chi connectivity index (χ3n) is 13.0. The number of benzene rings is 7. The van der Waals surface area contributed by atoms with Crippen LogP contribution in [0.15, 0.2) is 199 Å². The molecule has 3 nitrogen and oxygen atoms in total. The van der Waals surface area contributed by atoms with E-state index in [0.29, 0.717) is 11.5 Å². The second-order valence-electron chi connectivity index (χ2n) is 16.1. The molecule has 0 amide bonds. The van der Waals surface area contributed by atoms with E-state index in [0.717, 1.165) is 53.4 Å². The number of anilines is 2. The van der Waals surface area contributed by atoms with Crippen LogP contribution in [-0.2, 0) is 5.41 Å². The smallest absolute Gasteiger partial charge is 0.194 e. The van der Waals surface area contributed by atoms with E-state index in [1.165, 1.54) is 70.3 Å². The van der Waals surface area contributed by atoms with Crippen molar-refractivity contribution in [1.29, 1.82) is 0 Å². The molecule has 5 aliphatic rings. The minimum atomic E-state index is -0.489. The van der Waals surface area contributed by atoms with Gasteiger partial charge in [-0.1, -0.05) is 146 Å². The predicted octanol–water partition coefficient (Wildman–Crippen LogP) is 15.6. The summed E-state index contributed by atoms with van der Waals surface area (Å²) in [5.74, 6) is 2.84. The molecule has 7 aromatic carbocycles. The van der Waals surface area contributed by atoms with Crippen molar-refractivity contribution in [3.8, 4) is 45.3 Å². The van der Waals surface area contributed by atoms with Gasteiger partial charge in [0.2, 0.25) is 0 Å². The molecule has 0 N–H and O–H groups in total. The van der Waals surface area contributed by atoms with Gasteiger partial charge in [0.05, 0.1) is 16.8 Å². The standard InChI is InChI=1S/C56H37NO2S/c1-3-17-35(18-4-1)57(48-29-13-9-22-39(48)41-24-15-25-42-40-23-10-14-32-53(40)60-55(41)42)49-30-16-31-50-54(49)59-52-34-47-43(33-51(52)58-50)38-21-8-12-28-46(38)56(47)44-26-6-2-5-19-36(44)37-20-7-11-27-45(37)56/h2-3,6-34H,1,4-5H2. The topological polar surface area (TPSA) is 21.7 Å².